The third-order valence-corrected chi connectivity index (χ3v) is 8.82. The Balaban J connectivity index is 0.000000753. The molecule has 4 aliphatic rings. The zero-order valence-corrected chi connectivity index (χ0v) is 15.9. The van der Waals surface area contributed by atoms with Crippen molar-refractivity contribution in [2.45, 2.75) is 91.9 Å². The molecule has 0 aromatic rings. The molecule has 0 aliphatic heterocycles. The topological polar surface area (TPSA) is 17.1 Å². The van der Waals surface area contributed by atoms with Crippen molar-refractivity contribution in [2.75, 3.05) is 0 Å². The number of aldehydes is 1. The van der Waals surface area contributed by atoms with Gasteiger partial charge in [-0.05, 0) is 85.9 Å². The Morgan fingerprint density at radius 2 is 1.52 bits per heavy atom. The first kappa shape index (κ1) is 17.5. The molecule has 0 bridgehead atoms. The number of hydrogen-bond donors (Lipinski definition) is 0. The maximum atomic E-state index is 11.5. The van der Waals surface area contributed by atoms with Crippen molar-refractivity contribution in [3.8, 4) is 0 Å². The number of hydrogen-bond acceptors (Lipinski definition) is 1. The lowest BCUT2D eigenvalue weighted by molar-refractivity contribution is -0.125. The molecule has 0 saturated heterocycles. The van der Waals surface area contributed by atoms with E-state index in [1.807, 2.05) is 13.8 Å². The molecule has 0 heterocycles. The summed E-state index contributed by atoms with van der Waals surface area (Å²) < 4.78 is 0. The van der Waals surface area contributed by atoms with Crippen molar-refractivity contribution >= 4 is 6.29 Å². The summed E-state index contributed by atoms with van der Waals surface area (Å²) in [5.41, 5.74) is 0.989. The number of carbonyl (C=O) groups is 1. The summed E-state index contributed by atoms with van der Waals surface area (Å²) in [4.78, 5) is 11.5. The van der Waals surface area contributed by atoms with Crippen LogP contribution in [0.3, 0.4) is 0 Å². The highest BCUT2D eigenvalue weighted by Crippen LogP contribution is 2.67. The molecule has 7 unspecified atom stereocenters. The van der Waals surface area contributed by atoms with Crippen LogP contribution in [0.25, 0.3) is 0 Å². The second-order valence-electron chi connectivity index (χ2n) is 9.27. The maximum absolute atomic E-state index is 11.5. The monoisotopic (exact) mass is 318 g/mol. The summed E-state index contributed by atoms with van der Waals surface area (Å²) in [6, 6.07) is 0. The second kappa shape index (κ2) is 6.52. The fraction of sp³-hybridized carbons (Fsp3) is 0.955. The third kappa shape index (κ3) is 2.52. The van der Waals surface area contributed by atoms with Crippen LogP contribution in [0, 0.1) is 40.4 Å². The van der Waals surface area contributed by atoms with Crippen molar-refractivity contribution in [1.29, 1.82) is 0 Å². The van der Waals surface area contributed by atoms with E-state index >= 15 is 0 Å². The van der Waals surface area contributed by atoms with E-state index < -0.39 is 0 Å². The molecule has 0 spiro atoms. The molecule has 4 rings (SSSR count). The van der Waals surface area contributed by atoms with Crippen LogP contribution in [-0.2, 0) is 4.79 Å². The summed E-state index contributed by atoms with van der Waals surface area (Å²) in [7, 11) is 0. The molecule has 0 amide bonds. The standard InChI is InChI=1S/C20H32O.C2H6/c1-19-11-4-3-5-14(19)6-8-16-17-9-7-15(13-21)20(17,2)12-10-18(16)19;1-2/h13-18H,3-12H2,1-2H3;1-2H3. The van der Waals surface area contributed by atoms with E-state index in [0.717, 1.165) is 23.7 Å². The molecular weight excluding hydrogens is 280 g/mol. The van der Waals surface area contributed by atoms with Crippen LogP contribution in [0.2, 0.25) is 0 Å². The smallest absolute Gasteiger partial charge is 0.123 e. The van der Waals surface area contributed by atoms with Crippen molar-refractivity contribution in [3.63, 3.8) is 0 Å². The Kier molecular flexibility index (Phi) is 4.96. The minimum absolute atomic E-state index is 0.348. The van der Waals surface area contributed by atoms with Gasteiger partial charge in [0.1, 0.15) is 6.29 Å². The molecule has 7 atom stereocenters. The van der Waals surface area contributed by atoms with Gasteiger partial charge < -0.3 is 4.79 Å². The van der Waals surface area contributed by atoms with Crippen LogP contribution < -0.4 is 0 Å². The number of carbonyl (C=O) groups excluding carboxylic acids is 1. The van der Waals surface area contributed by atoms with Crippen LogP contribution in [-0.4, -0.2) is 6.29 Å². The van der Waals surface area contributed by atoms with Crippen LogP contribution in [0.5, 0.6) is 0 Å². The van der Waals surface area contributed by atoms with Crippen molar-refractivity contribution in [3.05, 3.63) is 0 Å². The van der Waals surface area contributed by atoms with E-state index in [0.29, 0.717) is 16.7 Å². The van der Waals surface area contributed by atoms with E-state index in [4.69, 9.17) is 0 Å². The quantitative estimate of drug-likeness (QED) is 0.521. The van der Waals surface area contributed by atoms with Gasteiger partial charge in [0.2, 0.25) is 0 Å². The van der Waals surface area contributed by atoms with Gasteiger partial charge in [-0.3, -0.25) is 0 Å². The van der Waals surface area contributed by atoms with Gasteiger partial charge in [-0.1, -0.05) is 40.5 Å². The van der Waals surface area contributed by atoms with Gasteiger partial charge in [0.25, 0.3) is 0 Å². The maximum Gasteiger partial charge on any atom is 0.123 e. The Morgan fingerprint density at radius 1 is 0.783 bits per heavy atom. The van der Waals surface area contributed by atoms with E-state index in [2.05, 4.69) is 13.8 Å². The second-order valence-corrected chi connectivity index (χ2v) is 9.27. The Labute approximate surface area is 144 Å². The Hall–Kier alpha value is -0.330. The average molecular weight is 319 g/mol. The first-order valence-corrected chi connectivity index (χ1v) is 10.5. The molecule has 4 fully saturated rings. The molecule has 1 heteroatoms. The number of fused-ring (bicyclic) bond motifs is 5. The molecule has 4 aliphatic carbocycles. The van der Waals surface area contributed by atoms with Crippen molar-refractivity contribution < 1.29 is 4.79 Å². The van der Waals surface area contributed by atoms with Gasteiger partial charge in [0, 0.05) is 5.92 Å². The first-order valence-electron chi connectivity index (χ1n) is 10.5. The predicted molar refractivity (Wildman–Crippen MR) is 97.2 cm³/mol. The summed E-state index contributed by atoms with van der Waals surface area (Å²) in [5, 5.41) is 0. The van der Waals surface area contributed by atoms with Gasteiger partial charge >= 0.3 is 0 Å². The van der Waals surface area contributed by atoms with Gasteiger partial charge in [-0.15, -0.1) is 0 Å². The van der Waals surface area contributed by atoms with Gasteiger partial charge in [0.05, 0.1) is 0 Å². The molecule has 132 valence electrons. The highest BCUT2D eigenvalue weighted by atomic mass is 16.1. The molecule has 0 aromatic heterocycles. The third-order valence-electron chi connectivity index (χ3n) is 8.82. The molecule has 0 radical (unpaired) electrons. The van der Waals surface area contributed by atoms with Crippen molar-refractivity contribution in [2.24, 2.45) is 40.4 Å². The SMILES string of the molecule is CC.CC12CCC3C(CCC4CCCCC43C)C1CCC2C=O. The van der Waals surface area contributed by atoms with Crippen molar-refractivity contribution in [1.82, 2.24) is 0 Å². The fourth-order valence-corrected chi connectivity index (χ4v) is 7.56. The highest BCUT2D eigenvalue weighted by molar-refractivity contribution is 5.56. The highest BCUT2D eigenvalue weighted by Gasteiger charge is 2.59. The van der Waals surface area contributed by atoms with Gasteiger partial charge in [-0.2, -0.15) is 0 Å². The van der Waals surface area contributed by atoms with Gasteiger partial charge in [-0.25, -0.2) is 0 Å². The molecule has 0 aromatic carbocycles. The minimum Gasteiger partial charge on any atom is -0.303 e. The number of rotatable bonds is 1. The summed E-state index contributed by atoms with van der Waals surface area (Å²) in [6.07, 6.45) is 15.4. The average Bonchev–Trinajstić information content (AvgIpc) is 2.92. The molecule has 1 nitrogen and oxygen atoms in total. The Morgan fingerprint density at radius 3 is 2.26 bits per heavy atom. The van der Waals surface area contributed by atoms with E-state index in [1.54, 1.807) is 0 Å². The molecule has 4 saturated carbocycles. The fourth-order valence-electron chi connectivity index (χ4n) is 7.56. The van der Waals surface area contributed by atoms with Crippen LogP contribution in [0.4, 0.5) is 0 Å². The lowest BCUT2D eigenvalue weighted by Crippen LogP contribution is -2.52. The largest absolute Gasteiger partial charge is 0.303 e. The molecule has 0 N–H and O–H groups in total. The van der Waals surface area contributed by atoms with Gasteiger partial charge in [0.15, 0.2) is 0 Å². The summed E-state index contributed by atoms with van der Waals surface area (Å²) in [5.74, 6) is 4.14. The lowest BCUT2D eigenvalue weighted by Gasteiger charge is -2.60. The lowest BCUT2D eigenvalue weighted by atomic mass is 9.45. The molecular formula is C22H38O. The van der Waals surface area contributed by atoms with Crippen LogP contribution in [0.15, 0.2) is 0 Å². The predicted octanol–water partition coefficient (Wildman–Crippen LogP) is 6.26. The van der Waals surface area contributed by atoms with E-state index in [9.17, 15) is 4.79 Å². The molecule has 23 heavy (non-hydrogen) atoms. The zero-order valence-electron chi connectivity index (χ0n) is 15.9. The Bertz CT molecular complexity index is 430. The first-order chi connectivity index (χ1) is 11.1. The van der Waals surface area contributed by atoms with E-state index in [1.165, 1.54) is 70.5 Å². The summed E-state index contributed by atoms with van der Waals surface area (Å²) >= 11 is 0. The van der Waals surface area contributed by atoms with Crippen LogP contribution in [0.1, 0.15) is 91.9 Å². The zero-order chi connectivity index (χ0) is 16.7. The minimum atomic E-state index is 0.348. The van der Waals surface area contributed by atoms with Crippen LogP contribution >= 0.6 is 0 Å². The normalized spacial score (nSPS) is 51.6. The van der Waals surface area contributed by atoms with E-state index in [-0.39, 0.29) is 0 Å². The summed E-state index contributed by atoms with van der Waals surface area (Å²) in [6.45, 7) is 9.09.